The highest BCUT2D eigenvalue weighted by Crippen LogP contribution is 2.16. The molecule has 0 unspecified atom stereocenters. The number of nitrogens with zero attached hydrogens (tertiary/aromatic N) is 2. The second-order valence-electron chi connectivity index (χ2n) is 4.10. The number of rotatable bonds is 2. The summed E-state index contributed by atoms with van der Waals surface area (Å²) < 4.78 is 18.6. The molecule has 4 nitrogen and oxygen atoms in total. The maximum Gasteiger partial charge on any atom is 0.258 e. The van der Waals surface area contributed by atoms with Crippen molar-refractivity contribution in [2.24, 2.45) is 0 Å². The van der Waals surface area contributed by atoms with Crippen molar-refractivity contribution in [3.05, 3.63) is 29.8 Å². The largest absolute Gasteiger partial charge is 0.381 e. The van der Waals surface area contributed by atoms with Crippen molar-refractivity contribution in [2.45, 2.75) is 18.9 Å². The zero-order valence-electron chi connectivity index (χ0n) is 9.73. The fourth-order valence-electron chi connectivity index (χ4n) is 1.97. The van der Waals surface area contributed by atoms with Crippen LogP contribution in [0, 0.1) is 5.95 Å². The molecular weight excluding hydrogens is 223 g/mol. The van der Waals surface area contributed by atoms with E-state index in [1.54, 1.807) is 18.0 Å². The molecule has 0 radical (unpaired) electrons. The van der Waals surface area contributed by atoms with Crippen LogP contribution in [0.1, 0.15) is 23.2 Å². The van der Waals surface area contributed by atoms with Crippen LogP contribution < -0.4 is 0 Å². The molecule has 1 amide bonds. The first-order valence-electron chi connectivity index (χ1n) is 5.65. The lowest BCUT2D eigenvalue weighted by Gasteiger charge is -2.31. The number of pyridine rings is 1. The Morgan fingerprint density at radius 1 is 1.53 bits per heavy atom. The summed E-state index contributed by atoms with van der Waals surface area (Å²) in [6, 6.07) is 3.14. The van der Waals surface area contributed by atoms with Gasteiger partial charge in [-0.15, -0.1) is 0 Å². The predicted molar refractivity (Wildman–Crippen MR) is 60.1 cm³/mol. The van der Waals surface area contributed by atoms with Crippen LogP contribution in [0.25, 0.3) is 0 Å². The van der Waals surface area contributed by atoms with Gasteiger partial charge < -0.3 is 9.64 Å². The lowest BCUT2D eigenvalue weighted by atomic mass is 10.1. The molecule has 92 valence electrons. The van der Waals surface area contributed by atoms with E-state index in [0.29, 0.717) is 13.2 Å². The van der Waals surface area contributed by atoms with Crippen LogP contribution in [-0.2, 0) is 4.74 Å². The Bertz CT molecular complexity index is 405. The second-order valence-corrected chi connectivity index (χ2v) is 4.10. The minimum atomic E-state index is -0.712. The predicted octanol–water partition coefficient (Wildman–Crippen LogP) is 1.47. The van der Waals surface area contributed by atoms with Gasteiger partial charge in [0.25, 0.3) is 5.91 Å². The van der Waals surface area contributed by atoms with Gasteiger partial charge in [-0.25, -0.2) is 4.98 Å². The number of hydrogen-bond donors (Lipinski definition) is 0. The highest BCUT2D eigenvalue weighted by Gasteiger charge is 2.25. The normalized spacial score (nSPS) is 16.8. The minimum Gasteiger partial charge on any atom is -0.381 e. The number of halogens is 1. The average Bonchev–Trinajstić information content (AvgIpc) is 2.39. The van der Waals surface area contributed by atoms with Crippen LogP contribution >= 0.6 is 0 Å². The van der Waals surface area contributed by atoms with Gasteiger partial charge in [0, 0.05) is 32.5 Å². The van der Waals surface area contributed by atoms with E-state index in [-0.39, 0.29) is 17.5 Å². The molecule has 0 N–H and O–H groups in total. The topological polar surface area (TPSA) is 42.4 Å². The van der Waals surface area contributed by atoms with E-state index >= 15 is 0 Å². The van der Waals surface area contributed by atoms with Crippen LogP contribution in [0.2, 0.25) is 0 Å². The van der Waals surface area contributed by atoms with Crippen LogP contribution in [0.4, 0.5) is 4.39 Å². The van der Waals surface area contributed by atoms with Crippen LogP contribution in [0.5, 0.6) is 0 Å². The van der Waals surface area contributed by atoms with E-state index in [9.17, 15) is 9.18 Å². The zero-order chi connectivity index (χ0) is 12.3. The molecule has 1 aromatic rings. The Hall–Kier alpha value is -1.49. The molecule has 0 bridgehead atoms. The summed E-state index contributed by atoms with van der Waals surface area (Å²) in [4.78, 5) is 17.1. The molecule has 0 aromatic carbocycles. The van der Waals surface area contributed by atoms with Crippen LogP contribution in [0.15, 0.2) is 18.3 Å². The first kappa shape index (κ1) is 12.0. The summed E-state index contributed by atoms with van der Waals surface area (Å²) in [6.45, 7) is 1.30. The van der Waals surface area contributed by atoms with Crippen LogP contribution in [-0.4, -0.2) is 42.1 Å². The second kappa shape index (κ2) is 5.23. The average molecular weight is 238 g/mol. The summed E-state index contributed by atoms with van der Waals surface area (Å²) in [6.07, 6.45) is 2.93. The molecule has 1 aliphatic rings. The van der Waals surface area contributed by atoms with Crippen LogP contribution in [0.3, 0.4) is 0 Å². The number of carbonyl (C=O) groups is 1. The van der Waals surface area contributed by atoms with Crippen molar-refractivity contribution in [3.63, 3.8) is 0 Å². The van der Waals surface area contributed by atoms with Gasteiger partial charge in [-0.2, -0.15) is 4.39 Å². The monoisotopic (exact) mass is 238 g/mol. The Balaban J connectivity index is 2.11. The van der Waals surface area contributed by atoms with E-state index in [4.69, 9.17) is 4.74 Å². The summed E-state index contributed by atoms with van der Waals surface area (Å²) in [5, 5.41) is 0. The van der Waals surface area contributed by atoms with Gasteiger partial charge in [-0.05, 0) is 25.0 Å². The van der Waals surface area contributed by atoms with Crippen molar-refractivity contribution in [1.29, 1.82) is 0 Å². The molecule has 1 fully saturated rings. The molecule has 2 rings (SSSR count). The fraction of sp³-hybridized carbons (Fsp3) is 0.500. The Morgan fingerprint density at radius 2 is 2.24 bits per heavy atom. The quantitative estimate of drug-likeness (QED) is 0.733. The van der Waals surface area contributed by atoms with Crippen molar-refractivity contribution < 1.29 is 13.9 Å². The third kappa shape index (κ3) is 2.61. The molecule has 0 aliphatic carbocycles. The Morgan fingerprint density at radius 3 is 2.88 bits per heavy atom. The summed E-state index contributed by atoms with van der Waals surface area (Å²) >= 11 is 0. The number of amides is 1. The molecule has 0 spiro atoms. The van der Waals surface area contributed by atoms with Crippen molar-refractivity contribution in [1.82, 2.24) is 9.88 Å². The smallest absolute Gasteiger partial charge is 0.258 e. The third-order valence-corrected chi connectivity index (χ3v) is 3.05. The lowest BCUT2D eigenvalue weighted by molar-refractivity contribution is 0.0359. The maximum absolute atomic E-state index is 13.4. The molecule has 0 atom stereocenters. The molecule has 2 heterocycles. The number of carbonyl (C=O) groups excluding carboxylic acids is 1. The molecule has 0 saturated carbocycles. The van der Waals surface area contributed by atoms with E-state index in [0.717, 1.165) is 12.8 Å². The first-order chi connectivity index (χ1) is 8.20. The maximum atomic E-state index is 13.4. The van der Waals surface area contributed by atoms with Gasteiger partial charge in [-0.3, -0.25) is 4.79 Å². The molecule has 5 heteroatoms. The zero-order valence-corrected chi connectivity index (χ0v) is 9.73. The standard InChI is InChI=1S/C12H15FN2O2/c1-15(9-4-7-17-8-5-9)12(16)10-3-2-6-14-11(10)13/h2-3,6,9H,4-5,7-8H2,1H3. The third-order valence-electron chi connectivity index (χ3n) is 3.05. The number of ether oxygens (including phenoxy) is 1. The van der Waals surface area contributed by atoms with E-state index < -0.39 is 5.95 Å². The van der Waals surface area contributed by atoms with E-state index in [1.165, 1.54) is 12.3 Å². The van der Waals surface area contributed by atoms with Crippen molar-refractivity contribution in [3.8, 4) is 0 Å². The summed E-state index contributed by atoms with van der Waals surface area (Å²) in [5.74, 6) is -1.03. The van der Waals surface area contributed by atoms with Gasteiger partial charge >= 0.3 is 0 Å². The van der Waals surface area contributed by atoms with E-state index in [1.807, 2.05) is 0 Å². The van der Waals surface area contributed by atoms with Gasteiger partial charge in [0.15, 0.2) is 0 Å². The van der Waals surface area contributed by atoms with Crippen molar-refractivity contribution >= 4 is 5.91 Å². The molecular formula is C12H15FN2O2. The van der Waals surface area contributed by atoms with E-state index in [2.05, 4.69) is 4.98 Å². The Kier molecular flexibility index (Phi) is 3.68. The summed E-state index contributed by atoms with van der Waals surface area (Å²) in [7, 11) is 1.70. The summed E-state index contributed by atoms with van der Waals surface area (Å²) in [5.41, 5.74) is 0.0292. The highest BCUT2D eigenvalue weighted by molar-refractivity contribution is 5.94. The minimum absolute atomic E-state index is 0.0292. The SMILES string of the molecule is CN(C(=O)c1cccnc1F)C1CCOCC1. The lowest BCUT2D eigenvalue weighted by Crippen LogP contribution is -2.41. The van der Waals surface area contributed by atoms with Gasteiger partial charge in [-0.1, -0.05) is 0 Å². The molecule has 17 heavy (non-hydrogen) atoms. The molecule has 1 aromatic heterocycles. The number of aromatic nitrogens is 1. The van der Waals surface area contributed by atoms with Gasteiger partial charge in [0.2, 0.25) is 5.95 Å². The first-order valence-corrected chi connectivity index (χ1v) is 5.65. The molecule has 1 aliphatic heterocycles. The molecule has 1 saturated heterocycles. The fourth-order valence-corrected chi connectivity index (χ4v) is 1.97. The highest BCUT2D eigenvalue weighted by atomic mass is 19.1. The number of hydrogen-bond acceptors (Lipinski definition) is 3. The Labute approximate surface area is 99.4 Å². The van der Waals surface area contributed by atoms with Gasteiger partial charge in [0.05, 0.1) is 5.56 Å². The van der Waals surface area contributed by atoms with Crippen molar-refractivity contribution in [2.75, 3.05) is 20.3 Å². The van der Waals surface area contributed by atoms with Gasteiger partial charge in [0.1, 0.15) is 0 Å².